The fraction of sp³-hybridized carbons (Fsp3) is 0.143. The molecule has 0 saturated heterocycles. The number of carboxylic acid groups (broad SMARTS) is 1. The molecule has 0 spiro atoms. The Balaban J connectivity index is 0.00000121. The molecule has 0 unspecified atom stereocenters. The van der Waals surface area contributed by atoms with Crippen molar-refractivity contribution in [1.29, 1.82) is 0 Å². The fourth-order valence-corrected chi connectivity index (χ4v) is 0.623. The lowest BCUT2D eigenvalue weighted by molar-refractivity contribution is -0.132. The van der Waals surface area contributed by atoms with E-state index in [-0.39, 0.29) is 18.0 Å². The normalized spacial score (nSPS) is 10.6. The lowest BCUT2D eigenvalue weighted by atomic mass is 10.3. The molecular formula is C7H9ClN2O2. The summed E-state index contributed by atoms with van der Waals surface area (Å²) in [5.74, 6) is -0.369. The SMILES string of the molecule is CC(=Cc1ncc[nH]1)C(=O)O.Cl. The van der Waals surface area contributed by atoms with E-state index >= 15 is 0 Å². The zero-order valence-corrected chi connectivity index (χ0v) is 7.26. The quantitative estimate of drug-likeness (QED) is 0.688. The summed E-state index contributed by atoms with van der Waals surface area (Å²) in [6.07, 6.45) is 4.68. The molecule has 0 aliphatic heterocycles. The molecule has 1 aromatic heterocycles. The van der Waals surface area contributed by atoms with Gasteiger partial charge in [0.2, 0.25) is 0 Å². The number of nitrogens with zero attached hydrogens (tertiary/aromatic N) is 1. The maximum atomic E-state index is 10.3. The summed E-state index contributed by atoms with van der Waals surface area (Å²) in [5, 5.41) is 8.47. The van der Waals surface area contributed by atoms with Gasteiger partial charge in [-0.15, -0.1) is 12.4 Å². The van der Waals surface area contributed by atoms with E-state index in [1.807, 2.05) is 0 Å². The van der Waals surface area contributed by atoms with Crippen molar-refractivity contribution in [3.8, 4) is 0 Å². The van der Waals surface area contributed by atoms with Gasteiger partial charge in [0.15, 0.2) is 0 Å². The summed E-state index contributed by atoms with van der Waals surface area (Å²) in [5.41, 5.74) is 0.264. The van der Waals surface area contributed by atoms with Crippen molar-refractivity contribution >= 4 is 24.5 Å². The predicted molar refractivity (Wildman–Crippen MR) is 47.1 cm³/mol. The van der Waals surface area contributed by atoms with Crippen LogP contribution in [0.5, 0.6) is 0 Å². The van der Waals surface area contributed by atoms with Gasteiger partial charge in [-0.05, 0) is 13.0 Å². The highest BCUT2D eigenvalue weighted by molar-refractivity contribution is 5.90. The average molecular weight is 189 g/mol. The number of carboxylic acids is 1. The number of aromatic nitrogens is 2. The molecule has 0 fully saturated rings. The van der Waals surface area contributed by atoms with Crippen LogP contribution in [0.4, 0.5) is 0 Å². The van der Waals surface area contributed by atoms with Crippen LogP contribution in [0.25, 0.3) is 6.08 Å². The van der Waals surface area contributed by atoms with Crippen LogP contribution in [0, 0.1) is 0 Å². The van der Waals surface area contributed by atoms with Gasteiger partial charge in [-0.1, -0.05) is 0 Å². The summed E-state index contributed by atoms with van der Waals surface area (Å²) in [6.45, 7) is 1.52. The number of halogens is 1. The number of aromatic amines is 1. The van der Waals surface area contributed by atoms with E-state index in [4.69, 9.17) is 5.11 Å². The van der Waals surface area contributed by atoms with E-state index in [9.17, 15) is 4.79 Å². The molecule has 0 aliphatic carbocycles. The molecule has 0 saturated carbocycles. The minimum Gasteiger partial charge on any atom is -0.478 e. The van der Waals surface area contributed by atoms with Gasteiger partial charge in [-0.25, -0.2) is 9.78 Å². The van der Waals surface area contributed by atoms with Crippen molar-refractivity contribution in [3.05, 3.63) is 23.8 Å². The van der Waals surface area contributed by atoms with Crippen LogP contribution in [0.15, 0.2) is 18.0 Å². The van der Waals surface area contributed by atoms with Crippen LogP contribution in [-0.4, -0.2) is 21.0 Å². The summed E-state index contributed by atoms with van der Waals surface area (Å²) in [7, 11) is 0. The lowest BCUT2D eigenvalue weighted by Gasteiger charge is -1.89. The van der Waals surface area contributed by atoms with Crippen LogP contribution in [0.3, 0.4) is 0 Å². The van der Waals surface area contributed by atoms with Crippen molar-refractivity contribution in [2.24, 2.45) is 0 Å². The standard InChI is InChI=1S/C7H8N2O2.ClH/c1-5(7(10)11)4-6-8-2-3-9-6;/h2-4H,1H3,(H,8,9)(H,10,11);1H. The number of nitrogens with one attached hydrogen (secondary N) is 1. The van der Waals surface area contributed by atoms with E-state index in [2.05, 4.69) is 9.97 Å². The molecule has 66 valence electrons. The molecule has 0 radical (unpaired) electrons. The minimum absolute atomic E-state index is 0. The monoisotopic (exact) mass is 188 g/mol. The molecular weight excluding hydrogens is 180 g/mol. The number of H-pyrrole nitrogens is 1. The first-order chi connectivity index (χ1) is 5.20. The number of carbonyl (C=O) groups is 1. The Morgan fingerprint density at radius 1 is 1.75 bits per heavy atom. The van der Waals surface area contributed by atoms with Crippen LogP contribution in [-0.2, 0) is 4.79 Å². The molecule has 1 rings (SSSR count). The van der Waals surface area contributed by atoms with Crippen molar-refractivity contribution in [2.75, 3.05) is 0 Å². The van der Waals surface area contributed by atoms with E-state index in [1.54, 1.807) is 12.4 Å². The smallest absolute Gasteiger partial charge is 0.331 e. The van der Waals surface area contributed by atoms with Gasteiger partial charge >= 0.3 is 5.97 Å². The maximum Gasteiger partial charge on any atom is 0.331 e. The maximum absolute atomic E-state index is 10.3. The van der Waals surface area contributed by atoms with Gasteiger partial charge in [-0.3, -0.25) is 0 Å². The van der Waals surface area contributed by atoms with Crippen LogP contribution in [0.2, 0.25) is 0 Å². The van der Waals surface area contributed by atoms with Gasteiger partial charge in [0, 0.05) is 18.0 Å². The van der Waals surface area contributed by atoms with Crippen molar-refractivity contribution in [3.63, 3.8) is 0 Å². The van der Waals surface area contributed by atoms with Crippen molar-refractivity contribution in [1.82, 2.24) is 9.97 Å². The Labute approximate surface area is 75.7 Å². The highest BCUT2D eigenvalue weighted by Gasteiger charge is 1.99. The number of hydrogen-bond acceptors (Lipinski definition) is 2. The third-order valence-electron chi connectivity index (χ3n) is 1.21. The minimum atomic E-state index is -0.929. The molecule has 12 heavy (non-hydrogen) atoms. The number of hydrogen-bond donors (Lipinski definition) is 2. The summed E-state index contributed by atoms with van der Waals surface area (Å²) >= 11 is 0. The van der Waals surface area contributed by atoms with E-state index in [0.717, 1.165) is 0 Å². The largest absolute Gasteiger partial charge is 0.478 e. The first-order valence-electron chi connectivity index (χ1n) is 3.11. The molecule has 1 heterocycles. The molecule has 0 aliphatic rings. The molecule has 0 aromatic carbocycles. The van der Waals surface area contributed by atoms with Crippen molar-refractivity contribution < 1.29 is 9.90 Å². The molecule has 1 aromatic rings. The highest BCUT2D eigenvalue weighted by atomic mass is 35.5. The topological polar surface area (TPSA) is 66.0 Å². The van der Waals surface area contributed by atoms with Crippen LogP contribution < -0.4 is 0 Å². The summed E-state index contributed by atoms with van der Waals surface area (Å²) in [6, 6.07) is 0. The van der Waals surface area contributed by atoms with E-state index < -0.39 is 5.97 Å². The molecule has 0 atom stereocenters. The van der Waals surface area contributed by atoms with E-state index in [1.165, 1.54) is 13.0 Å². The van der Waals surface area contributed by atoms with Gasteiger partial charge in [0.25, 0.3) is 0 Å². The van der Waals surface area contributed by atoms with Gasteiger partial charge in [0.05, 0.1) is 0 Å². The fourth-order valence-electron chi connectivity index (χ4n) is 0.623. The van der Waals surface area contributed by atoms with Gasteiger partial charge in [-0.2, -0.15) is 0 Å². The molecule has 0 bridgehead atoms. The molecule has 4 nitrogen and oxygen atoms in total. The van der Waals surface area contributed by atoms with Gasteiger partial charge < -0.3 is 10.1 Å². The molecule has 2 N–H and O–H groups in total. The van der Waals surface area contributed by atoms with E-state index in [0.29, 0.717) is 5.82 Å². The van der Waals surface area contributed by atoms with Crippen LogP contribution in [0.1, 0.15) is 12.7 Å². The molecule has 5 heteroatoms. The average Bonchev–Trinajstić information content (AvgIpc) is 2.39. The van der Waals surface area contributed by atoms with Crippen molar-refractivity contribution in [2.45, 2.75) is 6.92 Å². The predicted octanol–water partition coefficient (Wildman–Crippen LogP) is 1.32. The first kappa shape index (κ1) is 10.7. The summed E-state index contributed by atoms with van der Waals surface area (Å²) < 4.78 is 0. The Hall–Kier alpha value is -1.29. The number of rotatable bonds is 2. The number of imidazole rings is 1. The lowest BCUT2D eigenvalue weighted by Crippen LogP contribution is -1.95. The Morgan fingerprint density at radius 2 is 2.42 bits per heavy atom. The Bertz CT molecular complexity index is 280. The Morgan fingerprint density at radius 3 is 2.83 bits per heavy atom. The summed E-state index contributed by atoms with van der Waals surface area (Å²) in [4.78, 5) is 16.9. The highest BCUT2D eigenvalue weighted by Crippen LogP contribution is 1.99. The second-order valence-corrected chi connectivity index (χ2v) is 2.11. The van der Waals surface area contributed by atoms with Gasteiger partial charge in [0.1, 0.15) is 5.82 Å². The zero-order chi connectivity index (χ0) is 8.27. The second-order valence-electron chi connectivity index (χ2n) is 2.11. The third kappa shape index (κ3) is 2.75. The van der Waals surface area contributed by atoms with Crippen LogP contribution >= 0.6 is 12.4 Å². The zero-order valence-electron chi connectivity index (χ0n) is 6.44. The molecule has 0 amide bonds. The first-order valence-corrected chi connectivity index (χ1v) is 3.11. The Kier molecular flexibility index (Phi) is 4.07. The number of aliphatic carboxylic acids is 1. The second kappa shape index (κ2) is 4.56. The third-order valence-corrected chi connectivity index (χ3v) is 1.21.